The molecule has 2 aromatic rings. The minimum absolute atomic E-state index is 0.0418. The van der Waals surface area contributed by atoms with Crippen molar-refractivity contribution < 1.29 is 4.74 Å². The zero-order valence-corrected chi connectivity index (χ0v) is 13.4. The van der Waals surface area contributed by atoms with Crippen LogP contribution in [-0.4, -0.2) is 6.61 Å². The van der Waals surface area contributed by atoms with E-state index in [-0.39, 0.29) is 11.5 Å². The molecule has 2 nitrogen and oxygen atoms in total. The smallest absolute Gasteiger partial charge is 0.123 e. The zero-order chi connectivity index (χ0) is 15.2. The first kappa shape index (κ1) is 14.4. The van der Waals surface area contributed by atoms with Crippen LogP contribution in [0.25, 0.3) is 0 Å². The lowest BCUT2D eigenvalue weighted by molar-refractivity contribution is 0.291. The number of aryl methyl sites for hydroxylation is 1. The molecule has 2 N–H and O–H groups in total. The second-order valence-corrected chi connectivity index (χ2v) is 6.84. The van der Waals surface area contributed by atoms with E-state index in [4.69, 9.17) is 22.1 Å². The van der Waals surface area contributed by atoms with Gasteiger partial charge in [-0.05, 0) is 47.9 Å². The molecule has 1 heterocycles. The molecule has 3 rings (SSSR count). The Labute approximate surface area is 130 Å². The van der Waals surface area contributed by atoms with Crippen molar-refractivity contribution in [3.63, 3.8) is 0 Å². The molecule has 2 aromatic carbocycles. The first-order valence-corrected chi connectivity index (χ1v) is 7.55. The quantitative estimate of drug-likeness (QED) is 0.894. The number of ether oxygens (including phenoxy) is 1. The number of hydrogen-bond acceptors (Lipinski definition) is 2. The summed E-state index contributed by atoms with van der Waals surface area (Å²) in [5.74, 6) is 0.976. The molecule has 1 atom stereocenters. The molecular formula is C18H20ClNO. The van der Waals surface area contributed by atoms with Gasteiger partial charge in [0.1, 0.15) is 5.75 Å². The summed E-state index contributed by atoms with van der Waals surface area (Å²) in [6, 6.07) is 12.0. The summed E-state index contributed by atoms with van der Waals surface area (Å²) >= 11 is 6.02. The maximum atomic E-state index is 6.47. The molecule has 110 valence electrons. The molecule has 21 heavy (non-hydrogen) atoms. The molecule has 0 amide bonds. The van der Waals surface area contributed by atoms with Gasteiger partial charge in [0, 0.05) is 16.0 Å². The minimum atomic E-state index is -0.149. The van der Waals surface area contributed by atoms with Gasteiger partial charge in [-0.2, -0.15) is 0 Å². The number of rotatable bonds is 2. The number of fused-ring (bicyclic) bond motifs is 1. The summed E-state index contributed by atoms with van der Waals surface area (Å²) < 4.78 is 5.74. The van der Waals surface area contributed by atoms with E-state index in [2.05, 4.69) is 26.0 Å². The third kappa shape index (κ3) is 2.54. The van der Waals surface area contributed by atoms with Gasteiger partial charge in [0.15, 0.2) is 0 Å². The van der Waals surface area contributed by atoms with Gasteiger partial charge in [0.2, 0.25) is 0 Å². The predicted molar refractivity (Wildman–Crippen MR) is 87.2 cm³/mol. The zero-order valence-electron chi connectivity index (χ0n) is 12.6. The highest BCUT2D eigenvalue weighted by molar-refractivity contribution is 6.30. The van der Waals surface area contributed by atoms with E-state index in [1.54, 1.807) is 0 Å². The Morgan fingerprint density at radius 3 is 2.67 bits per heavy atom. The fraction of sp³-hybridized carbons (Fsp3) is 0.333. The number of nitrogens with two attached hydrogens (primary N) is 1. The van der Waals surface area contributed by atoms with Crippen LogP contribution in [0.4, 0.5) is 0 Å². The van der Waals surface area contributed by atoms with Gasteiger partial charge in [-0.15, -0.1) is 0 Å². The first-order chi connectivity index (χ1) is 9.88. The van der Waals surface area contributed by atoms with Crippen molar-refractivity contribution in [3.8, 4) is 5.75 Å². The fourth-order valence-corrected chi connectivity index (χ4v) is 3.13. The number of halogens is 1. The van der Waals surface area contributed by atoms with E-state index in [9.17, 15) is 0 Å². The van der Waals surface area contributed by atoms with E-state index < -0.39 is 0 Å². The minimum Gasteiger partial charge on any atom is -0.492 e. The van der Waals surface area contributed by atoms with Crippen LogP contribution in [0.15, 0.2) is 36.4 Å². The summed E-state index contributed by atoms with van der Waals surface area (Å²) in [6.07, 6.45) is 0. The lowest BCUT2D eigenvalue weighted by atomic mass is 9.84. The molecule has 3 heteroatoms. The van der Waals surface area contributed by atoms with E-state index >= 15 is 0 Å². The number of hydrogen-bond donors (Lipinski definition) is 1. The first-order valence-electron chi connectivity index (χ1n) is 7.17. The monoisotopic (exact) mass is 301 g/mol. The van der Waals surface area contributed by atoms with Crippen molar-refractivity contribution in [2.75, 3.05) is 6.61 Å². The van der Waals surface area contributed by atoms with Crippen molar-refractivity contribution >= 4 is 11.6 Å². The molecule has 0 bridgehead atoms. The summed E-state index contributed by atoms with van der Waals surface area (Å²) in [5, 5.41) is 0.743. The Morgan fingerprint density at radius 1 is 1.19 bits per heavy atom. The molecule has 1 aliphatic rings. The van der Waals surface area contributed by atoms with Gasteiger partial charge in [-0.3, -0.25) is 0 Å². The molecule has 0 saturated heterocycles. The Bertz CT molecular complexity index is 694. The van der Waals surface area contributed by atoms with Crippen molar-refractivity contribution in [3.05, 3.63) is 63.7 Å². The normalized spacial score (nSPS) is 17.2. The standard InChI is InChI=1S/C18H20ClNO/c1-11-8-13(19)5-6-14(11)17(20)12-4-7-16-15(9-12)18(2,3)10-21-16/h4-9,17H,10,20H2,1-3H3. The van der Waals surface area contributed by atoms with Crippen molar-refractivity contribution in [2.45, 2.75) is 32.2 Å². The molecule has 0 radical (unpaired) electrons. The molecule has 0 saturated carbocycles. The SMILES string of the molecule is Cc1cc(Cl)ccc1C(N)c1ccc2c(c1)C(C)(C)CO2. The van der Waals surface area contributed by atoms with Crippen LogP contribution >= 0.6 is 11.6 Å². The summed E-state index contributed by atoms with van der Waals surface area (Å²) in [4.78, 5) is 0. The van der Waals surface area contributed by atoms with Gasteiger partial charge >= 0.3 is 0 Å². The molecule has 0 fully saturated rings. The van der Waals surface area contributed by atoms with E-state index in [0.29, 0.717) is 0 Å². The second-order valence-electron chi connectivity index (χ2n) is 6.41. The van der Waals surface area contributed by atoms with Crippen molar-refractivity contribution in [2.24, 2.45) is 5.73 Å². The predicted octanol–water partition coefficient (Wildman–Crippen LogP) is 4.37. The lowest BCUT2D eigenvalue weighted by Gasteiger charge is -2.19. The molecule has 1 unspecified atom stereocenters. The average Bonchev–Trinajstić information content (AvgIpc) is 2.74. The van der Waals surface area contributed by atoms with E-state index in [0.717, 1.165) is 34.1 Å². The van der Waals surface area contributed by atoms with Crippen LogP contribution in [0, 0.1) is 6.92 Å². The van der Waals surface area contributed by atoms with Crippen LogP contribution in [0.1, 0.15) is 42.1 Å². The lowest BCUT2D eigenvalue weighted by Crippen LogP contribution is -2.19. The highest BCUT2D eigenvalue weighted by Gasteiger charge is 2.32. The van der Waals surface area contributed by atoms with Gasteiger partial charge < -0.3 is 10.5 Å². The van der Waals surface area contributed by atoms with Crippen LogP contribution in [-0.2, 0) is 5.41 Å². The second kappa shape index (κ2) is 5.04. The average molecular weight is 302 g/mol. The van der Waals surface area contributed by atoms with Crippen LogP contribution < -0.4 is 10.5 Å². The summed E-state index contributed by atoms with van der Waals surface area (Å²) in [7, 11) is 0. The maximum absolute atomic E-state index is 6.47. The Kier molecular flexibility index (Phi) is 3.46. The van der Waals surface area contributed by atoms with Crippen LogP contribution in [0.5, 0.6) is 5.75 Å². The summed E-state index contributed by atoms with van der Waals surface area (Å²) in [6.45, 7) is 7.16. The Balaban J connectivity index is 2.01. The topological polar surface area (TPSA) is 35.2 Å². The van der Waals surface area contributed by atoms with Crippen molar-refractivity contribution in [1.29, 1.82) is 0 Å². The molecule has 0 aromatic heterocycles. The number of benzene rings is 2. The molecule has 1 aliphatic heterocycles. The van der Waals surface area contributed by atoms with Gasteiger partial charge in [0.25, 0.3) is 0 Å². The van der Waals surface area contributed by atoms with Crippen molar-refractivity contribution in [1.82, 2.24) is 0 Å². The Hall–Kier alpha value is -1.51. The Morgan fingerprint density at radius 2 is 1.95 bits per heavy atom. The van der Waals surface area contributed by atoms with Gasteiger partial charge in [-0.1, -0.05) is 37.6 Å². The highest BCUT2D eigenvalue weighted by atomic mass is 35.5. The molecule has 0 spiro atoms. The largest absolute Gasteiger partial charge is 0.492 e. The van der Waals surface area contributed by atoms with Gasteiger partial charge in [0.05, 0.1) is 12.6 Å². The fourth-order valence-electron chi connectivity index (χ4n) is 2.90. The van der Waals surface area contributed by atoms with E-state index in [1.807, 2.05) is 31.2 Å². The van der Waals surface area contributed by atoms with E-state index in [1.165, 1.54) is 5.56 Å². The van der Waals surface area contributed by atoms with Crippen LogP contribution in [0.2, 0.25) is 5.02 Å². The third-order valence-electron chi connectivity index (χ3n) is 4.25. The third-order valence-corrected chi connectivity index (χ3v) is 4.48. The van der Waals surface area contributed by atoms with Gasteiger partial charge in [-0.25, -0.2) is 0 Å². The molecule has 0 aliphatic carbocycles. The highest BCUT2D eigenvalue weighted by Crippen LogP contribution is 2.40. The maximum Gasteiger partial charge on any atom is 0.123 e. The van der Waals surface area contributed by atoms with Crippen LogP contribution in [0.3, 0.4) is 0 Å². The summed E-state index contributed by atoms with van der Waals surface area (Å²) in [5.41, 5.74) is 11.1. The molecular weight excluding hydrogens is 282 g/mol.